The van der Waals surface area contributed by atoms with Crippen LogP contribution in [0.15, 0.2) is 0 Å². The lowest BCUT2D eigenvalue weighted by Crippen LogP contribution is -2.46. The number of halogens is 1. The Labute approximate surface area is 81.0 Å². The minimum absolute atomic E-state index is 0.311. The lowest BCUT2D eigenvalue weighted by atomic mass is 10.1. The molecule has 68 valence electrons. The number of nitrogens with one attached hydrogen (secondary N) is 1. The first-order valence-corrected chi connectivity index (χ1v) is 4.24. The van der Waals surface area contributed by atoms with E-state index in [0.29, 0.717) is 6.61 Å². The van der Waals surface area contributed by atoms with Gasteiger partial charge in [0.2, 0.25) is 0 Å². The first-order valence-electron chi connectivity index (χ1n) is 3.44. The van der Waals surface area contributed by atoms with Crippen LogP contribution in [0.25, 0.3) is 0 Å². The van der Waals surface area contributed by atoms with E-state index in [1.807, 2.05) is 13.8 Å². The molecule has 0 spiro atoms. The highest BCUT2D eigenvalue weighted by atomic mass is 79.9. The molecule has 0 bridgehead atoms. The van der Waals surface area contributed by atoms with Gasteiger partial charge in [-0.1, -0.05) is 0 Å². The van der Waals surface area contributed by atoms with Crippen molar-refractivity contribution in [1.29, 1.82) is 0 Å². The van der Waals surface area contributed by atoms with Gasteiger partial charge >= 0.3 is 0 Å². The van der Waals surface area contributed by atoms with Gasteiger partial charge in [0.1, 0.15) is 0 Å². The fourth-order valence-corrected chi connectivity index (χ4v) is 0.958. The summed E-state index contributed by atoms with van der Waals surface area (Å²) in [7, 11) is 1.59. The van der Waals surface area contributed by atoms with Crippen molar-refractivity contribution < 1.29 is 9.53 Å². The number of hydrogen-bond acceptors (Lipinski definition) is 2. The van der Waals surface area contributed by atoms with Crippen molar-refractivity contribution in [3.05, 3.63) is 0 Å². The van der Waals surface area contributed by atoms with Gasteiger partial charge in [-0.15, -0.1) is 0 Å². The maximum Gasteiger partial charge on any atom is 0.297 e. The molecule has 0 aromatic heterocycles. The van der Waals surface area contributed by atoms with Gasteiger partial charge in [-0.05, 0) is 18.7 Å². The summed E-state index contributed by atoms with van der Waals surface area (Å²) >= 11 is 2.84. The quantitative estimate of drug-likeness (QED) is 0.736. The van der Waals surface area contributed by atoms with Crippen molar-refractivity contribution in [3.8, 4) is 10.8 Å². The molecule has 0 saturated carbocycles. The summed E-state index contributed by atoms with van der Waals surface area (Å²) in [6, 6.07) is 0. The highest BCUT2D eigenvalue weighted by Gasteiger charge is 2.18. The zero-order valence-corrected chi connectivity index (χ0v) is 8.99. The van der Waals surface area contributed by atoms with Gasteiger partial charge in [-0.3, -0.25) is 4.79 Å². The second-order valence-corrected chi connectivity index (χ2v) is 3.39. The van der Waals surface area contributed by atoms with Crippen LogP contribution in [0.3, 0.4) is 0 Å². The van der Waals surface area contributed by atoms with Crippen LogP contribution in [0, 0.1) is 10.8 Å². The van der Waals surface area contributed by atoms with Crippen molar-refractivity contribution in [1.82, 2.24) is 5.32 Å². The van der Waals surface area contributed by atoms with E-state index in [2.05, 4.69) is 32.0 Å². The first-order chi connectivity index (χ1) is 5.52. The lowest BCUT2D eigenvalue weighted by molar-refractivity contribution is -0.117. The number of carbonyl (C=O) groups is 1. The van der Waals surface area contributed by atoms with Crippen LogP contribution in [0.1, 0.15) is 13.8 Å². The molecule has 0 aromatic rings. The summed E-state index contributed by atoms with van der Waals surface area (Å²) in [5.41, 5.74) is -0.372. The second kappa shape index (κ2) is 5.18. The number of rotatable bonds is 3. The number of hydrogen-bond donors (Lipinski definition) is 1. The van der Waals surface area contributed by atoms with Crippen LogP contribution < -0.4 is 5.32 Å². The van der Waals surface area contributed by atoms with Gasteiger partial charge in [0.15, 0.2) is 0 Å². The average molecular weight is 234 g/mol. The van der Waals surface area contributed by atoms with Crippen LogP contribution >= 0.6 is 15.9 Å². The van der Waals surface area contributed by atoms with Crippen LogP contribution in [-0.2, 0) is 9.53 Å². The van der Waals surface area contributed by atoms with E-state index >= 15 is 0 Å². The van der Waals surface area contributed by atoms with Gasteiger partial charge in [-0.2, -0.15) is 0 Å². The van der Waals surface area contributed by atoms with Crippen molar-refractivity contribution in [3.63, 3.8) is 0 Å². The summed E-state index contributed by atoms with van der Waals surface area (Å²) in [5.74, 6) is 2.01. The van der Waals surface area contributed by atoms with E-state index < -0.39 is 0 Å². The van der Waals surface area contributed by atoms with E-state index in [1.54, 1.807) is 7.11 Å². The van der Waals surface area contributed by atoms with Crippen LogP contribution in [-0.4, -0.2) is 25.2 Å². The highest BCUT2D eigenvalue weighted by Crippen LogP contribution is 2.00. The Kier molecular flexibility index (Phi) is 4.95. The molecule has 1 N–H and O–H groups in total. The molecule has 12 heavy (non-hydrogen) atoms. The Morgan fingerprint density at radius 1 is 1.67 bits per heavy atom. The maximum absolute atomic E-state index is 11.0. The molecule has 0 aliphatic rings. The molecule has 0 radical (unpaired) electrons. The number of amides is 1. The smallest absolute Gasteiger partial charge is 0.297 e. The third kappa shape index (κ3) is 5.16. The Hall–Kier alpha value is -0.530. The summed E-state index contributed by atoms with van der Waals surface area (Å²) in [5, 5.41) is 2.69. The normalized spacial score (nSPS) is 10.0. The zero-order valence-electron chi connectivity index (χ0n) is 7.40. The zero-order chi connectivity index (χ0) is 9.61. The largest absolute Gasteiger partial charge is 0.382 e. The Morgan fingerprint density at radius 3 is 2.67 bits per heavy atom. The Bertz CT molecular complexity index is 215. The predicted molar refractivity (Wildman–Crippen MR) is 50.8 cm³/mol. The van der Waals surface area contributed by atoms with Crippen molar-refractivity contribution in [2.45, 2.75) is 19.4 Å². The molecular formula is C8H12BrNO2. The fourth-order valence-electron chi connectivity index (χ4n) is 0.778. The van der Waals surface area contributed by atoms with Crippen LogP contribution in [0.4, 0.5) is 0 Å². The van der Waals surface area contributed by atoms with Crippen LogP contribution in [0.2, 0.25) is 0 Å². The summed E-state index contributed by atoms with van der Waals surface area (Å²) in [4.78, 5) is 13.3. The lowest BCUT2D eigenvalue weighted by Gasteiger charge is -2.23. The van der Waals surface area contributed by atoms with Crippen molar-refractivity contribution in [2.24, 2.45) is 0 Å². The van der Waals surface area contributed by atoms with Gasteiger partial charge < -0.3 is 10.1 Å². The third-order valence-electron chi connectivity index (χ3n) is 1.12. The second-order valence-electron chi connectivity index (χ2n) is 2.99. The Morgan fingerprint density at radius 2 is 2.25 bits per heavy atom. The molecule has 1 amide bonds. The molecule has 0 unspecified atom stereocenters. The van der Waals surface area contributed by atoms with E-state index in [0.717, 1.165) is 0 Å². The molecule has 0 aliphatic carbocycles. The van der Waals surface area contributed by atoms with E-state index in [9.17, 15) is 4.79 Å². The fraction of sp³-hybridized carbons (Fsp3) is 0.625. The van der Waals surface area contributed by atoms with Crippen LogP contribution in [0.5, 0.6) is 0 Å². The minimum atomic E-state index is -0.372. The average Bonchev–Trinajstić information content (AvgIpc) is 1.85. The van der Waals surface area contributed by atoms with Gasteiger partial charge in [-0.25, -0.2) is 0 Å². The topological polar surface area (TPSA) is 38.3 Å². The molecular weight excluding hydrogens is 222 g/mol. The van der Waals surface area contributed by atoms with Gasteiger partial charge in [0.25, 0.3) is 5.91 Å². The first kappa shape index (κ1) is 11.5. The number of ether oxygens (including phenoxy) is 1. The predicted octanol–water partition coefficient (Wildman–Crippen LogP) is 0.883. The van der Waals surface area contributed by atoms with E-state index in [1.165, 1.54) is 0 Å². The summed E-state index contributed by atoms with van der Waals surface area (Å²) in [6.45, 7) is 4.19. The van der Waals surface area contributed by atoms with Crippen molar-refractivity contribution in [2.75, 3.05) is 13.7 Å². The number of carbonyl (C=O) groups excluding carboxylic acids is 1. The molecule has 0 rings (SSSR count). The molecule has 0 aromatic carbocycles. The summed E-state index contributed by atoms with van der Waals surface area (Å²) in [6.07, 6.45) is 0. The number of methoxy groups -OCH3 is 1. The third-order valence-corrected chi connectivity index (χ3v) is 1.32. The summed E-state index contributed by atoms with van der Waals surface area (Å²) < 4.78 is 4.91. The molecule has 3 nitrogen and oxygen atoms in total. The van der Waals surface area contributed by atoms with Gasteiger partial charge in [0.05, 0.1) is 12.1 Å². The Balaban J connectivity index is 4.02. The molecule has 0 atom stereocenters. The standard InChI is InChI=1S/C8H12BrNO2/c1-8(2,6-12-3)10-7(11)4-5-9/h6H2,1-3H3,(H,10,11). The highest BCUT2D eigenvalue weighted by molar-refractivity contribution is 9.12. The molecule has 4 heteroatoms. The van der Waals surface area contributed by atoms with E-state index in [-0.39, 0.29) is 11.4 Å². The molecule has 0 aliphatic heterocycles. The molecule has 0 heterocycles. The molecule has 0 saturated heterocycles. The van der Waals surface area contributed by atoms with Gasteiger partial charge in [0, 0.05) is 29.0 Å². The molecule has 0 fully saturated rings. The monoisotopic (exact) mass is 233 g/mol. The van der Waals surface area contributed by atoms with Crippen molar-refractivity contribution >= 4 is 21.8 Å². The SMILES string of the molecule is COCC(C)(C)NC(=O)C#CBr. The minimum Gasteiger partial charge on any atom is -0.382 e. The van der Waals surface area contributed by atoms with E-state index in [4.69, 9.17) is 4.74 Å². The maximum atomic E-state index is 11.0.